The summed E-state index contributed by atoms with van der Waals surface area (Å²) in [5.41, 5.74) is 4.82. The van der Waals surface area contributed by atoms with Gasteiger partial charge in [0.1, 0.15) is 28.7 Å². The van der Waals surface area contributed by atoms with Gasteiger partial charge in [0.15, 0.2) is 0 Å². The average molecular weight is 428 g/mol. The van der Waals surface area contributed by atoms with Gasteiger partial charge in [-0.15, -0.1) is 0 Å². The van der Waals surface area contributed by atoms with Crippen LogP contribution in [-0.2, 0) is 0 Å². The van der Waals surface area contributed by atoms with Crippen LogP contribution in [0.25, 0.3) is 0 Å². The van der Waals surface area contributed by atoms with Crippen molar-refractivity contribution in [3.8, 4) is 28.7 Å². The predicted octanol–water partition coefficient (Wildman–Crippen LogP) is 6.99. The van der Waals surface area contributed by atoms with E-state index in [-0.39, 0.29) is 17.2 Å². The van der Waals surface area contributed by atoms with E-state index in [1.54, 1.807) is 42.5 Å². The largest absolute Gasteiger partial charge is 0.508 e. The van der Waals surface area contributed by atoms with Gasteiger partial charge in [-0.05, 0) is 80.9 Å². The molecule has 0 saturated carbocycles. The zero-order chi connectivity index (χ0) is 22.8. The minimum atomic E-state index is 0.145. The highest BCUT2D eigenvalue weighted by Crippen LogP contribution is 2.42. The quantitative estimate of drug-likeness (QED) is 0.320. The topological polar surface area (TPSA) is 73.2 Å². The Balaban J connectivity index is 1.77. The second kappa shape index (κ2) is 8.55. The van der Waals surface area contributed by atoms with Crippen molar-refractivity contribution in [3.05, 3.63) is 95.6 Å². The van der Waals surface area contributed by atoms with Crippen LogP contribution in [0, 0.1) is 20.8 Å². The van der Waals surface area contributed by atoms with Gasteiger partial charge in [-0.3, -0.25) is 0 Å². The third-order valence-corrected chi connectivity index (χ3v) is 5.53. The van der Waals surface area contributed by atoms with Gasteiger partial charge in [0.2, 0.25) is 0 Å². The minimum Gasteiger partial charge on any atom is -0.508 e. The number of nitrogens with zero attached hydrogens (tertiary/aromatic N) is 1. The molecule has 0 aromatic heterocycles. The fraction of sp³-hybridized carbons (Fsp3) is 0.111. The van der Waals surface area contributed by atoms with Gasteiger partial charge in [-0.25, -0.2) is 0 Å². The first-order chi connectivity index (χ1) is 15.3. The molecule has 5 nitrogen and oxygen atoms in total. The highest BCUT2D eigenvalue weighted by molar-refractivity contribution is 5.82. The van der Waals surface area contributed by atoms with Crippen molar-refractivity contribution < 1.29 is 20.1 Å². The van der Waals surface area contributed by atoms with Crippen molar-refractivity contribution in [2.75, 3.05) is 4.90 Å². The van der Waals surface area contributed by atoms with E-state index in [0.717, 1.165) is 33.8 Å². The summed E-state index contributed by atoms with van der Waals surface area (Å²) in [6.07, 6.45) is 0. The Kier molecular flexibility index (Phi) is 5.65. The molecule has 4 rings (SSSR count). The Hall–Kier alpha value is -4.12. The van der Waals surface area contributed by atoms with Crippen LogP contribution in [0.1, 0.15) is 16.7 Å². The number of aryl methyl sites for hydroxylation is 1. The molecule has 162 valence electrons. The second-order valence-corrected chi connectivity index (χ2v) is 7.72. The number of hydrogen-bond acceptors (Lipinski definition) is 5. The van der Waals surface area contributed by atoms with Crippen LogP contribution in [0.2, 0.25) is 0 Å². The van der Waals surface area contributed by atoms with Gasteiger partial charge in [0.25, 0.3) is 0 Å². The molecule has 0 radical (unpaired) electrons. The molecule has 0 aliphatic heterocycles. The van der Waals surface area contributed by atoms with E-state index < -0.39 is 0 Å². The molecular formula is C27H25NO4. The van der Waals surface area contributed by atoms with Crippen LogP contribution >= 0.6 is 0 Å². The zero-order valence-electron chi connectivity index (χ0n) is 18.2. The van der Waals surface area contributed by atoms with Gasteiger partial charge in [-0.1, -0.05) is 18.2 Å². The molecule has 0 unspecified atom stereocenters. The maximum Gasteiger partial charge on any atom is 0.134 e. The normalized spacial score (nSPS) is 10.7. The van der Waals surface area contributed by atoms with Crippen LogP contribution in [0.5, 0.6) is 28.7 Å². The van der Waals surface area contributed by atoms with Crippen molar-refractivity contribution >= 4 is 17.1 Å². The first-order valence-corrected chi connectivity index (χ1v) is 10.3. The minimum absolute atomic E-state index is 0.145. The van der Waals surface area contributed by atoms with Crippen LogP contribution in [0.15, 0.2) is 78.9 Å². The molecule has 4 aromatic rings. The first-order valence-electron chi connectivity index (χ1n) is 10.3. The van der Waals surface area contributed by atoms with Gasteiger partial charge < -0.3 is 25.0 Å². The Labute approximate surface area is 187 Å². The van der Waals surface area contributed by atoms with Crippen molar-refractivity contribution in [1.82, 2.24) is 0 Å². The van der Waals surface area contributed by atoms with Crippen molar-refractivity contribution in [3.63, 3.8) is 0 Å². The number of phenolic OH excluding ortho intramolecular Hbond substituents is 3. The van der Waals surface area contributed by atoms with E-state index in [9.17, 15) is 15.3 Å². The molecule has 32 heavy (non-hydrogen) atoms. The second-order valence-electron chi connectivity index (χ2n) is 7.72. The number of hydrogen-bond donors (Lipinski definition) is 3. The Morgan fingerprint density at radius 2 is 1.22 bits per heavy atom. The first kappa shape index (κ1) is 21.1. The maximum atomic E-state index is 10.3. The SMILES string of the molecule is Cc1ccc(O)cc1Oc1ccc(N(c2cccc(O)c2C)c2cccc(O)c2C)cc1. The van der Waals surface area contributed by atoms with Crippen LogP contribution in [0.3, 0.4) is 0 Å². The standard InChI is InChI=1S/C27H25NO4/c1-17-10-13-21(29)16-27(17)32-22-14-11-20(12-15-22)28(23-6-4-8-25(30)18(23)2)24-7-5-9-26(31)19(24)3/h4-16,29-31H,1-3H3. The molecule has 0 heterocycles. The summed E-state index contributed by atoms with van der Waals surface area (Å²) >= 11 is 0. The Morgan fingerprint density at radius 3 is 1.78 bits per heavy atom. The number of anilines is 3. The summed E-state index contributed by atoms with van der Waals surface area (Å²) in [6, 6.07) is 23.3. The summed E-state index contributed by atoms with van der Waals surface area (Å²) in [4.78, 5) is 1.99. The van der Waals surface area contributed by atoms with Crippen molar-refractivity contribution in [2.24, 2.45) is 0 Å². The number of phenols is 3. The highest BCUT2D eigenvalue weighted by Gasteiger charge is 2.19. The average Bonchev–Trinajstić information content (AvgIpc) is 2.78. The van der Waals surface area contributed by atoms with Crippen molar-refractivity contribution in [1.29, 1.82) is 0 Å². The maximum absolute atomic E-state index is 10.3. The monoisotopic (exact) mass is 427 g/mol. The third kappa shape index (κ3) is 4.05. The van der Waals surface area contributed by atoms with Gasteiger partial charge in [0.05, 0.1) is 11.4 Å². The van der Waals surface area contributed by atoms with E-state index >= 15 is 0 Å². The van der Waals surface area contributed by atoms with Crippen LogP contribution < -0.4 is 9.64 Å². The Bertz CT molecular complexity index is 1210. The molecule has 3 N–H and O–H groups in total. The lowest BCUT2D eigenvalue weighted by Gasteiger charge is -2.29. The zero-order valence-corrected chi connectivity index (χ0v) is 18.2. The lowest BCUT2D eigenvalue weighted by molar-refractivity contribution is 0.453. The molecule has 4 aromatic carbocycles. The molecule has 0 aliphatic carbocycles. The summed E-state index contributed by atoms with van der Waals surface area (Å²) in [7, 11) is 0. The molecule has 0 fully saturated rings. The highest BCUT2D eigenvalue weighted by atomic mass is 16.5. The summed E-state index contributed by atoms with van der Waals surface area (Å²) in [5.74, 6) is 1.76. The number of ether oxygens (including phenoxy) is 1. The van der Waals surface area contributed by atoms with Crippen molar-refractivity contribution in [2.45, 2.75) is 20.8 Å². The van der Waals surface area contributed by atoms with E-state index in [1.165, 1.54) is 0 Å². The molecular weight excluding hydrogens is 402 g/mol. The number of rotatable bonds is 5. The molecule has 0 atom stereocenters. The lowest BCUT2D eigenvalue weighted by Crippen LogP contribution is -2.12. The molecule has 0 amide bonds. The molecule has 0 spiro atoms. The lowest BCUT2D eigenvalue weighted by atomic mass is 10.1. The van der Waals surface area contributed by atoms with E-state index in [2.05, 4.69) is 0 Å². The van der Waals surface area contributed by atoms with E-state index in [4.69, 9.17) is 4.74 Å². The Morgan fingerprint density at radius 1 is 0.656 bits per heavy atom. The van der Waals surface area contributed by atoms with Gasteiger partial charge in [0, 0.05) is 22.9 Å². The van der Waals surface area contributed by atoms with Crippen LogP contribution in [-0.4, -0.2) is 15.3 Å². The van der Waals surface area contributed by atoms with E-state index in [1.807, 2.05) is 62.1 Å². The third-order valence-electron chi connectivity index (χ3n) is 5.53. The summed E-state index contributed by atoms with van der Waals surface area (Å²) in [6.45, 7) is 5.63. The fourth-order valence-corrected chi connectivity index (χ4v) is 3.60. The predicted molar refractivity (Wildman–Crippen MR) is 127 cm³/mol. The summed E-state index contributed by atoms with van der Waals surface area (Å²) in [5, 5.41) is 30.4. The van der Waals surface area contributed by atoms with Crippen LogP contribution in [0.4, 0.5) is 17.1 Å². The fourth-order valence-electron chi connectivity index (χ4n) is 3.60. The van der Waals surface area contributed by atoms with Gasteiger partial charge in [-0.2, -0.15) is 0 Å². The molecule has 0 aliphatic rings. The smallest absolute Gasteiger partial charge is 0.134 e. The van der Waals surface area contributed by atoms with Gasteiger partial charge >= 0.3 is 0 Å². The number of benzene rings is 4. The number of aromatic hydroxyl groups is 3. The summed E-state index contributed by atoms with van der Waals surface area (Å²) < 4.78 is 5.96. The molecule has 0 saturated heterocycles. The van der Waals surface area contributed by atoms with E-state index in [0.29, 0.717) is 11.5 Å². The molecule has 5 heteroatoms. The molecule has 0 bridgehead atoms.